The molecule has 0 saturated carbocycles. The third-order valence-corrected chi connectivity index (χ3v) is 3.63. The van der Waals surface area contributed by atoms with Crippen LogP contribution in [0.3, 0.4) is 0 Å². The summed E-state index contributed by atoms with van der Waals surface area (Å²) in [6.45, 7) is 2.02. The first kappa shape index (κ1) is 12.0. The van der Waals surface area contributed by atoms with E-state index in [1.807, 2.05) is 18.7 Å². The van der Waals surface area contributed by atoms with Crippen LogP contribution in [0, 0.1) is 6.92 Å². The Morgan fingerprint density at radius 3 is 3.00 bits per heavy atom. The van der Waals surface area contributed by atoms with E-state index in [9.17, 15) is 0 Å². The van der Waals surface area contributed by atoms with Crippen molar-refractivity contribution < 1.29 is 0 Å². The van der Waals surface area contributed by atoms with Crippen LogP contribution in [-0.4, -0.2) is 23.0 Å². The minimum atomic E-state index is 0.355. The van der Waals surface area contributed by atoms with Crippen molar-refractivity contribution in [3.05, 3.63) is 16.1 Å². The molecule has 1 atom stereocenters. The third kappa shape index (κ3) is 3.96. The number of thiazole rings is 1. The maximum atomic E-state index is 5.49. The van der Waals surface area contributed by atoms with E-state index in [1.54, 1.807) is 11.3 Å². The van der Waals surface area contributed by atoms with Crippen molar-refractivity contribution in [2.24, 2.45) is 5.84 Å². The maximum Gasteiger partial charge on any atom is 0.0944 e. The zero-order chi connectivity index (χ0) is 10.4. The van der Waals surface area contributed by atoms with Crippen LogP contribution < -0.4 is 11.3 Å². The largest absolute Gasteiger partial charge is 0.271 e. The molecule has 0 spiro atoms. The van der Waals surface area contributed by atoms with Crippen LogP contribution in [0.25, 0.3) is 0 Å². The molecule has 1 heterocycles. The molecular weight excluding hydrogens is 214 g/mol. The molecule has 1 unspecified atom stereocenters. The maximum absolute atomic E-state index is 5.49. The summed E-state index contributed by atoms with van der Waals surface area (Å²) in [6, 6.07) is 0.355. The van der Waals surface area contributed by atoms with Gasteiger partial charge in [-0.05, 0) is 25.4 Å². The van der Waals surface area contributed by atoms with Crippen LogP contribution in [0.2, 0.25) is 0 Å². The Morgan fingerprint density at radius 1 is 1.71 bits per heavy atom. The number of nitrogens with two attached hydrogens (primary N) is 1. The third-order valence-electron chi connectivity index (χ3n) is 1.99. The fourth-order valence-corrected chi connectivity index (χ4v) is 2.59. The first-order chi connectivity index (χ1) is 6.76. The Labute approximate surface area is 93.5 Å². The molecule has 5 heteroatoms. The molecule has 0 aromatic carbocycles. The summed E-state index contributed by atoms with van der Waals surface area (Å²) in [5, 5.41) is 3.25. The van der Waals surface area contributed by atoms with Gasteiger partial charge in [0, 0.05) is 23.5 Å². The minimum Gasteiger partial charge on any atom is -0.271 e. The quantitative estimate of drug-likeness (QED) is 0.576. The van der Waals surface area contributed by atoms with Crippen molar-refractivity contribution >= 4 is 23.1 Å². The molecule has 14 heavy (non-hydrogen) atoms. The fourth-order valence-electron chi connectivity index (χ4n) is 1.21. The highest BCUT2D eigenvalue weighted by molar-refractivity contribution is 7.98. The van der Waals surface area contributed by atoms with Gasteiger partial charge in [-0.2, -0.15) is 11.8 Å². The summed E-state index contributed by atoms with van der Waals surface area (Å²) in [5.74, 6) is 6.62. The van der Waals surface area contributed by atoms with Gasteiger partial charge in [0.1, 0.15) is 0 Å². The Kier molecular flexibility index (Phi) is 5.47. The van der Waals surface area contributed by atoms with Gasteiger partial charge in [-0.15, -0.1) is 11.3 Å². The molecule has 1 rings (SSSR count). The van der Waals surface area contributed by atoms with Crippen molar-refractivity contribution in [1.29, 1.82) is 0 Å². The van der Waals surface area contributed by atoms with Gasteiger partial charge in [0.05, 0.1) is 5.01 Å². The predicted octanol–water partition coefficient (Wildman–Crippen LogP) is 1.58. The lowest BCUT2D eigenvalue weighted by Gasteiger charge is -2.13. The average Bonchev–Trinajstić information content (AvgIpc) is 2.58. The van der Waals surface area contributed by atoms with E-state index < -0.39 is 0 Å². The highest BCUT2D eigenvalue weighted by Crippen LogP contribution is 2.12. The summed E-state index contributed by atoms with van der Waals surface area (Å²) < 4.78 is 0. The van der Waals surface area contributed by atoms with Gasteiger partial charge in [-0.3, -0.25) is 11.3 Å². The van der Waals surface area contributed by atoms with Crippen LogP contribution in [-0.2, 0) is 6.42 Å². The van der Waals surface area contributed by atoms with Crippen LogP contribution in [0.5, 0.6) is 0 Å². The number of hydrazine groups is 1. The molecule has 0 aliphatic carbocycles. The van der Waals surface area contributed by atoms with Crippen molar-refractivity contribution in [2.45, 2.75) is 25.8 Å². The molecule has 0 fully saturated rings. The Balaban J connectivity index is 2.40. The van der Waals surface area contributed by atoms with Crippen molar-refractivity contribution in [1.82, 2.24) is 10.4 Å². The minimum absolute atomic E-state index is 0.355. The lowest BCUT2D eigenvalue weighted by Crippen LogP contribution is -2.37. The van der Waals surface area contributed by atoms with Crippen LogP contribution in [0.4, 0.5) is 0 Å². The molecule has 3 N–H and O–H groups in total. The summed E-state index contributed by atoms with van der Waals surface area (Å²) in [4.78, 5) is 4.42. The van der Waals surface area contributed by atoms with Gasteiger partial charge in [-0.25, -0.2) is 4.98 Å². The number of hydrogen-bond donors (Lipinski definition) is 2. The van der Waals surface area contributed by atoms with Gasteiger partial charge in [-0.1, -0.05) is 0 Å². The van der Waals surface area contributed by atoms with Crippen molar-refractivity contribution in [3.63, 3.8) is 0 Å². The lowest BCUT2D eigenvalue weighted by atomic mass is 10.2. The predicted molar refractivity (Wildman–Crippen MR) is 64.7 cm³/mol. The number of aryl methyl sites for hydroxylation is 1. The van der Waals surface area contributed by atoms with Gasteiger partial charge >= 0.3 is 0 Å². The standard InChI is InChI=1S/C9H17N3S2/c1-7-6-14-9(11-7)5-8(12-10)3-4-13-2/h6,8,12H,3-5,10H2,1-2H3. The van der Waals surface area contributed by atoms with Gasteiger partial charge in [0.2, 0.25) is 0 Å². The van der Waals surface area contributed by atoms with Crippen LogP contribution in [0.1, 0.15) is 17.1 Å². The van der Waals surface area contributed by atoms with Crippen LogP contribution in [0.15, 0.2) is 5.38 Å². The molecular formula is C9H17N3S2. The second-order valence-electron chi connectivity index (χ2n) is 3.23. The molecule has 0 amide bonds. The Hall–Kier alpha value is -0.100. The molecule has 0 bridgehead atoms. The van der Waals surface area contributed by atoms with Gasteiger partial charge in [0.25, 0.3) is 0 Å². The van der Waals surface area contributed by atoms with Crippen molar-refractivity contribution in [2.75, 3.05) is 12.0 Å². The molecule has 0 aliphatic rings. The SMILES string of the molecule is CSCCC(Cc1nc(C)cs1)NN. The summed E-state index contributed by atoms with van der Waals surface area (Å²) in [7, 11) is 0. The molecule has 0 radical (unpaired) electrons. The molecule has 80 valence electrons. The Morgan fingerprint density at radius 2 is 2.50 bits per heavy atom. The van der Waals surface area contributed by atoms with E-state index in [-0.39, 0.29) is 0 Å². The van der Waals surface area contributed by atoms with E-state index in [2.05, 4.69) is 22.0 Å². The van der Waals surface area contributed by atoms with E-state index in [0.717, 1.165) is 24.3 Å². The summed E-state index contributed by atoms with van der Waals surface area (Å²) in [6.07, 6.45) is 4.15. The number of rotatable bonds is 6. The smallest absolute Gasteiger partial charge is 0.0944 e. The van der Waals surface area contributed by atoms with E-state index >= 15 is 0 Å². The normalized spacial score (nSPS) is 13.1. The zero-order valence-corrected chi connectivity index (χ0v) is 10.3. The summed E-state index contributed by atoms with van der Waals surface area (Å²) >= 11 is 3.56. The van der Waals surface area contributed by atoms with Gasteiger partial charge < -0.3 is 0 Å². The molecule has 1 aromatic rings. The van der Waals surface area contributed by atoms with Crippen LogP contribution >= 0.6 is 23.1 Å². The number of nitrogens with zero attached hydrogens (tertiary/aromatic N) is 1. The molecule has 0 saturated heterocycles. The number of hydrogen-bond acceptors (Lipinski definition) is 5. The number of aromatic nitrogens is 1. The molecule has 0 aliphatic heterocycles. The first-order valence-corrected chi connectivity index (χ1v) is 6.89. The molecule has 3 nitrogen and oxygen atoms in total. The molecule has 1 aromatic heterocycles. The average molecular weight is 231 g/mol. The zero-order valence-electron chi connectivity index (χ0n) is 8.62. The monoisotopic (exact) mass is 231 g/mol. The first-order valence-electron chi connectivity index (χ1n) is 4.62. The lowest BCUT2D eigenvalue weighted by molar-refractivity contribution is 0.513. The van der Waals surface area contributed by atoms with E-state index in [4.69, 9.17) is 5.84 Å². The van der Waals surface area contributed by atoms with E-state index in [0.29, 0.717) is 6.04 Å². The van der Waals surface area contributed by atoms with E-state index in [1.165, 1.54) is 5.01 Å². The fraction of sp³-hybridized carbons (Fsp3) is 0.667. The highest BCUT2D eigenvalue weighted by atomic mass is 32.2. The highest BCUT2D eigenvalue weighted by Gasteiger charge is 2.09. The Bertz CT molecular complexity index is 262. The second kappa shape index (κ2) is 6.40. The number of thioether (sulfide) groups is 1. The second-order valence-corrected chi connectivity index (χ2v) is 5.16. The van der Waals surface area contributed by atoms with Gasteiger partial charge in [0.15, 0.2) is 0 Å². The topological polar surface area (TPSA) is 50.9 Å². The van der Waals surface area contributed by atoms with Crippen molar-refractivity contribution in [3.8, 4) is 0 Å². The number of nitrogens with one attached hydrogen (secondary N) is 1. The summed E-state index contributed by atoms with van der Waals surface area (Å²) in [5.41, 5.74) is 3.95.